The van der Waals surface area contributed by atoms with Crippen LogP contribution >= 0.6 is 22.9 Å². The number of rotatable bonds is 2. The summed E-state index contributed by atoms with van der Waals surface area (Å²) in [4.78, 5) is 1.31. The second-order valence-electron chi connectivity index (χ2n) is 3.26. The minimum atomic E-state index is 0.582. The smallest absolute Gasteiger partial charge is 0.0474 e. The van der Waals surface area contributed by atoms with E-state index in [4.69, 9.17) is 11.6 Å². The second-order valence-corrected chi connectivity index (χ2v) is 4.48. The Bertz CT molecular complexity index is 418. The van der Waals surface area contributed by atoms with Crippen molar-refractivity contribution in [2.75, 3.05) is 0 Å². The van der Waals surface area contributed by atoms with Crippen LogP contribution in [0, 0.1) is 6.92 Å². The number of alkyl halides is 1. The Morgan fingerprint density at radius 3 is 2.79 bits per heavy atom. The van der Waals surface area contributed by atoms with Gasteiger partial charge in [-0.3, -0.25) is 0 Å². The highest BCUT2D eigenvalue weighted by atomic mass is 35.5. The molecule has 1 aromatic heterocycles. The van der Waals surface area contributed by atoms with E-state index in [0.29, 0.717) is 5.88 Å². The lowest BCUT2D eigenvalue weighted by atomic mass is 10.0. The first-order valence-electron chi connectivity index (χ1n) is 4.50. The fourth-order valence-corrected chi connectivity index (χ4v) is 2.42. The van der Waals surface area contributed by atoms with Crippen molar-refractivity contribution in [3.05, 3.63) is 46.8 Å². The molecule has 1 heterocycles. The summed E-state index contributed by atoms with van der Waals surface area (Å²) in [6.07, 6.45) is 0. The van der Waals surface area contributed by atoms with E-state index in [-0.39, 0.29) is 0 Å². The summed E-state index contributed by atoms with van der Waals surface area (Å²) in [7, 11) is 0. The van der Waals surface area contributed by atoms with Gasteiger partial charge in [0, 0.05) is 10.8 Å². The standard InChI is InChI=1S/C12H11ClS/c1-9-4-5-10(8-13)7-11(9)12-3-2-6-14-12/h2-7H,8H2,1H3. The molecule has 0 amide bonds. The molecule has 0 bridgehead atoms. The van der Waals surface area contributed by atoms with Gasteiger partial charge < -0.3 is 0 Å². The number of hydrogen-bond acceptors (Lipinski definition) is 1. The minimum Gasteiger partial charge on any atom is -0.144 e. The van der Waals surface area contributed by atoms with Crippen LogP contribution in [0.15, 0.2) is 35.7 Å². The van der Waals surface area contributed by atoms with Crippen LogP contribution in [-0.4, -0.2) is 0 Å². The molecule has 0 nitrogen and oxygen atoms in total. The highest BCUT2D eigenvalue weighted by Gasteiger charge is 2.03. The quantitative estimate of drug-likeness (QED) is 0.658. The third kappa shape index (κ3) is 1.84. The molecule has 14 heavy (non-hydrogen) atoms. The zero-order valence-corrected chi connectivity index (χ0v) is 9.53. The number of hydrogen-bond donors (Lipinski definition) is 0. The van der Waals surface area contributed by atoms with Crippen LogP contribution in [0.5, 0.6) is 0 Å². The Labute approximate surface area is 93.2 Å². The van der Waals surface area contributed by atoms with Gasteiger partial charge in [0.05, 0.1) is 0 Å². The first-order chi connectivity index (χ1) is 6.81. The maximum atomic E-state index is 5.82. The lowest BCUT2D eigenvalue weighted by Gasteiger charge is -2.05. The molecule has 2 aromatic rings. The number of halogens is 1. The maximum absolute atomic E-state index is 5.82. The van der Waals surface area contributed by atoms with E-state index in [0.717, 1.165) is 0 Å². The first-order valence-corrected chi connectivity index (χ1v) is 5.92. The van der Waals surface area contributed by atoms with E-state index >= 15 is 0 Å². The Kier molecular flexibility index (Phi) is 2.90. The summed E-state index contributed by atoms with van der Waals surface area (Å²) in [6, 6.07) is 10.6. The minimum absolute atomic E-state index is 0.582. The molecule has 0 spiro atoms. The zero-order valence-electron chi connectivity index (χ0n) is 7.96. The molecule has 0 atom stereocenters. The molecular weight excluding hydrogens is 212 g/mol. The van der Waals surface area contributed by atoms with Crippen LogP contribution < -0.4 is 0 Å². The topological polar surface area (TPSA) is 0 Å². The fraction of sp³-hybridized carbons (Fsp3) is 0.167. The fourth-order valence-electron chi connectivity index (χ4n) is 1.45. The molecular formula is C12H11ClS. The van der Waals surface area contributed by atoms with Crippen LogP contribution in [0.3, 0.4) is 0 Å². The molecule has 0 fully saturated rings. The van der Waals surface area contributed by atoms with Crippen LogP contribution in [0.2, 0.25) is 0 Å². The van der Waals surface area contributed by atoms with Gasteiger partial charge in [0.1, 0.15) is 0 Å². The summed E-state index contributed by atoms with van der Waals surface area (Å²) in [6.45, 7) is 2.13. The molecule has 0 aliphatic rings. The molecule has 0 radical (unpaired) electrons. The molecule has 72 valence electrons. The third-order valence-corrected chi connectivity index (χ3v) is 3.45. The van der Waals surface area contributed by atoms with Crippen LogP contribution in [0.25, 0.3) is 10.4 Å². The van der Waals surface area contributed by atoms with Crippen molar-refractivity contribution in [3.8, 4) is 10.4 Å². The van der Waals surface area contributed by atoms with E-state index < -0.39 is 0 Å². The molecule has 0 N–H and O–H groups in total. The summed E-state index contributed by atoms with van der Waals surface area (Å²) in [5, 5.41) is 2.10. The van der Waals surface area contributed by atoms with Gasteiger partial charge >= 0.3 is 0 Å². The molecule has 0 unspecified atom stereocenters. The zero-order chi connectivity index (χ0) is 9.97. The van der Waals surface area contributed by atoms with Crippen molar-refractivity contribution < 1.29 is 0 Å². The molecule has 2 heteroatoms. The highest BCUT2D eigenvalue weighted by molar-refractivity contribution is 7.13. The van der Waals surface area contributed by atoms with E-state index in [9.17, 15) is 0 Å². The number of thiophene rings is 1. The molecule has 0 saturated carbocycles. The summed E-state index contributed by atoms with van der Waals surface area (Å²) in [5.74, 6) is 0.582. The van der Waals surface area contributed by atoms with Crippen molar-refractivity contribution in [2.45, 2.75) is 12.8 Å². The Balaban J connectivity index is 2.51. The normalized spacial score (nSPS) is 10.4. The lowest BCUT2D eigenvalue weighted by molar-refractivity contribution is 1.36. The van der Waals surface area contributed by atoms with Crippen LogP contribution in [0.4, 0.5) is 0 Å². The van der Waals surface area contributed by atoms with Crippen molar-refractivity contribution in [3.63, 3.8) is 0 Å². The van der Waals surface area contributed by atoms with Crippen molar-refractivity contribution in [1.29, 1.82) is 0 Å². The van der Waals surface area contributed by atoms with Gasteiger partial charge in [-0.1, -0.05) is 18.2 Å². The molecule has 2 rings (SSSR count). The van der Waals surface area contributed by atoms with Crippen LogP contribution in [-0.2, 0) is 5.88 Å². The predicted octanol–water partition coefficient (Wildman–Crippen LogP) is 4.46. The van der Waals surface area contributed by atoms with Crippen LogP contribution in [0.1, 0.15) is 11.1 Å². The lowest BCUT2D eigenvalue weighted by Crippen LogP contribution is -1.83. The predicted molar refractivity (Wildman–Crippen MR) is 64.0 cm³/mol. The van der Waals surface area contributed by atoms with E-state index in [1.54, 1.807) is 11.3 Å². The van der Waals surface area contributed by atoms with Crippen molar-refractivity contribution in [1.82, 2.24) is 0 Å². The summed E-state index contributed by atoms with van der Waals surface area (Å²) in [5.41, 5.74) is 3.79. The maximum Gasteiger partial charge on any atom is 0.0474 e. The van der Waals surface area contributed by atoms with E-state index in [2.05, 4.69) is 42.6 Å². The monoisotopic (exact) mass is 222 g/mol. The largest absolute Gasteiger partial charge is 0.144 e. The highest BCUT2D eigenvalue weighted by Crippen LogP contribution is 2.28. The molecule has 0 aliphatic heterocycles. The van der Waals surface area contributed by atoms with Gasteiger partial charge in [-0.15, -0.1) is 22.9 Å². The SMILES string of the molecule is Cc1ccc(CCl)cc1-c1cccs1. The van der Waals surface area contributed by atoms with Gasteiger partial charge in [0.15, 0.2) is 0 Å². The van der Waals surface area contributed by atoms with Gasteiger partial charge in [0.25, 0.3) is 0 Å². The van der Waals surface area contributed by atoms with Crippen molar-refractivity contribution >= 4 is 22.9 Å². The van der Waals surface area contributed by atoms with Gasteiger partial charge in [-0.2, -0.15) is 0 Å². The molecule has 0 aliphatic carbocycles. The van der Waals surface area contributed by atoms with Gasteiger partial charge in [0.2, 0.25) is 0 Å². The average molecular weight is 223 g/mol. The third-order valence-electron chi connectivity index (χ3n) is 2.24. The van der Waals surface area contributed by atoms with Gasteiger partial charge in [-0.25, -0.2) is 0 Å². The Morgan fingerprint density at radius 1 is 1.29 bits per heavy atom. The average Bonchev–Trinajstić information content (AvgIpc) is 2.71. The molecule has 0 saturated heterocycles. The van der Waals surface area contributed by atoms with Gasteiger partial charge in [-0.05, 0) is 41.1 Å². The number of benzene rings is 1. The second kappa shape index (κ2) is 4.16. The summed E-state index contributed by atoms with van der Waals surface area (Å²) < 4.78 is 0. The van der Waals surface area contributed by atoms with E-state index in [1.165, 1.54) is 21.6 Å². The Hall–Kier alpha value is -0.790. The number of aryl methyl sites for hydroxylation is 1. The van der Waals surface area contributed by atoms with E-state index in [1.807, 2.05) is 0 Å². The summed E-state index contributed by atoms with van der Waals surface area (Å²) >= 11 is 7.58. The molecule has 1 aromatic carbocycles. The first kappa shape index (κ1) is 9.75. The van der Waals surface area contributed by atoms with Crippen molar-refractivity contribution in [2.24, 2.45) is 0 Å². The Morgan fingerprint density at radius 2 is 2.14 bits per heavy atom.